The highest BCUT2D eigenvalue weighted by molar-refractivity contribution is 5.95. The molecule has 2 fully saturated rings. The number of morpholine rings is 1. The first kappa shape index (κ1) is 19.8. The number of rotatable bonds is 3. The number of aromatic nitrogens is 2. The zero-order valence-corrected chi connectivity index (χ0v) is 17.2. The van der Waals surface area contributed by atoms with Gasteiger partial charge in [-0.15, -0.1) is 0 Å². The van der Waals surface area contributed by atoms with E-state index < -0.39 is 5.82 Å². The summed E-state index contributed by atoms with van der Waals surface area (Å²) in [4.78, 5) is 29.0. The summed E-state index contributed by atoms with van der Waals surface area (Å²) in [6.45, 7) is 2.45. The lowest BCUT2D eigenvalue weighted by molar-refractivity contribution is -0.0368. The van der Waals surface area contributed by atoms with Gasteiger partial charge in [0, 0.05) is 31.4 Å². The molecule has 31 heavy (non-hydrogen) atoms. The smallest absolute Gasteiger partial charge is 0.272 e. The minimum atomic E-state index is -0.544. The minimum Gasteiger partial charge on any atom is -0.373 e. The van der Waals surface area contributed by atoms with E-state index in [0.717, 1.165) is 17.5 Å². The highest BCUT2D eigenvalue weighted by Gasteiger charge is 2.41. The zero-order chi connectivity index (χ0) is 21.5. The van der Waals surface area contributed by atoms with Gasteiger partial charge >= 0.3 is 0 Å². The molecule has 2 aromatic carbocycles. The maximum absolute atomic E-state index is 14.6. The van der Waals surface area contributed by atoms with Gasteiger partial charge in [-0.1, -0.05) is 24.3 Å². The largest absolute Gasteiger partial charge is 0.373 e. The van der Waals surface area contributed by atoms with Crippen molar-refractivity contribution < 1.29 is 13.9 Å². The number of aromatic amines is 1. The van der Waals surface area contributed by atoms with E-state index in [0.29, 0.717) is 37.2 Å². The van der Waals surface area contributed by atoms with Gasteiger partial charge in [0.1, 0.15) is 5.82 Å². The summed E-state index contributed by atoms with van der Waals surface area (Å²) in [7, 11) is 2.02. The standard InChI is InChI=1S/C23H23FN4O3/c1-27-8-9-31-21-13-28(12-20(21)27)23(30)17-10-14(6-7-18(17)24)11-19-15-4-2-3-5-16(15)22(29)26-25-19/h2-7,10,20-21H,8-9,11-13H2,1H3,(H,26,29). The van der Waals surface area contributed by atoms with Gasteiger partial charge in [0.25, 0.3) is 11.5 Å². The van der Waals surface area contributed by atoms with Crippen molar-refractivity contribution in [2.24, 2.45) is 0 Å². The molecule has 7 nitrogen and oxygen atoms in total. The Hall–Kier alpha value is -3.10. The van der Waals surface area contributed by atoms with Gasteiger partial charge in [-0.2, -0.15) is 5.10 Å². The number of hydrogen-bond acceptors (Lipinski definition) is 5. The molecular formula is C23H23FN4O3. The summed E-state index contributed by atoms with van der Waals surface area (Å²) < 4.78 is 20.4. The molecule has 160 valence electrons. The molecule has 2 aliphatic heterocycles. The van der Waals surface area contributed by atoms with Gasteiger partial charge in [-0.05, 0) is 30.8 Å². The second kappa shape index (κ2) is 7.86. The fourth-order valence-corrected chi connectivity index (χ4v) is 4.54. The molecule has 0 aliphatic carbocycles. The lowest BCUT2D eigenvalue weighted by Gasteiger charge is -2.33. The van der Waals surface area contributed by atoms with E-state index in [1.807, 2.05) is 19.2 Å². The lowest BCUT2D eigenvalue weighted by atomic mass is 10.0. The first-order valence-corrected chi connectivity index (χ1v) is 10.4. The van der Waals surface area contributed by atoms with Crippen LogP contribution in [0.5, 0.6) is 0 Å². The number of likely N-dealkylation sites (tertiary alicyclic amines) is 1. The Kier molecular flexibility index (Phi) is 5.03. The molecule has 1 N–H and O–H groups in total. The Labute approximate surface area is 178 Å². The van der Waals surface area contributed by atoms with Gasteiger partial charge < -0.3 is 9.64 Å². The van der Waals surface area contributed by atoms with Crippen LogP contribution in [0, 0.1) is 5.82 Å². The summed E-state index contributed by atoms with van der Waals surface area (Å²) in [6, 6.07) is 11.9. The number of likely N-dealkylation sites (N-methyl/N-ethyl adjacent to an activating group) is 1. The van der Waals surface area contributed by atoms with Crippen molar-refractivity contribution in [2.45, 2.75) is 18.6 Å². The molecule has 2 saturated heterocycles. The van der Waals surface area contributed by atoms with Gasteiger partial charge in [-0.3, -0.25) is 14.5 Å². The number of nitrogens with one attached hydrogen (secondary N) is 1. The molecule has 1 amide bonds. The van der Waals surface area contributed by atoms with Crippen LogP contribution in [-0.2, 0) is 11.2 Å². The first-order valence-electron chi connectivity index (χ1n) is 10.4. The van der Waals surface area contributed by atoms with Crippen molar-refractivity contribution in [1.82, 2.24) is 20.0 Å². The Balaban J connectivity index is 1.42. The minimum absolute atomic E-state index is 0.0364. The molecule has 0 spiro atoms. The van der Waals surface area contributed by atoms with E-state index >= 15 is 0 Å². The van der Waals surface area contributed by atoms with Gasteiger partial charge in [0.2, 0.25) is 0 Å². The van der Waals surface area contributed by atoms with E-state index in [4.69, 9.17) is 4.74 Å². The Morgan fingerprint density at radius 3 is 2.84 bits per heavy atom. The SMILES string of the molecule is CN1CCOC2CN(C(=O)c3cc(Cc4n[nH]c(=O)c5ccccc45)ccc3F)CC21. The zero-order valence-electron chi connectivity index (χ0n) is 17.2. The Morgan fingerprint density at radius 2 is 2.03 bits per heavy atom. The molecule has 0 saturated carbocycles. The first-order chi connectivity index (χ1) is 15.0. The number of halogens is 1. The number of fused-ring (bicyclic) bond motifs is 2. The highest BCUT2D eigenvalue weighted by atomic mass is 19.1. The topological polar surface area (TPSA) is 78.5 Å². The summed E-state index contributed by atoms with van der Waals surface area (Å²) in [5, 5.41) is 7.99. The van der Waals surface area contributed by atoms with Crippen molar-refractivity contribution in [2.75, 3.05) is 33.3 Å². The second-order valence-electron chi connectivity index (χ2n) is 8.20. The van der Waals surface area contributed by atoms with Crippen molar-refractivity contribution >= 4 is 16.7 Å². The van der Waals surface area contributed by atoms with Crippen LogP contribution >= 0.6 is 0 Å². The van der Waals surface area contributed by atoms with Crippen LogP contribution in [0.15, 0.2) is 47.3 Å². The fourth-order valence-electron chi connectivity index (χ4n) is 4.54. The summed E-state index contributed by atoms with van der Waals surface area (Å²) in [5.74, 6) is -0.873. The van der Waals surface area contributed by atoms with Crippen molar-refractivity contribution in [1.29, 1.82) is 0 Å². The van der Waals surface area contributed by atoms with E-state index in [9.17, 15) is 14.0 Å². The summed E-state index contributed by atoms with van der Waals surface area (Å²) in [6.07, 6.45) is 0.334. The molecular weight excluding hydrogens is 399 g/mol. The Bertz CT molecular complexity index is 1210. The van der Waals surface area contributed by atoms with Crippen LogP contribution < -0.4 is 5.56 Å². The number of hydrogen-bond donors (Lipinski definition) is 1. The van der Waals surface area contributed by atoms with Gasteiger partial charge in [-0.25, -0.2) is 9.49 Å². The monoisotopic (exact) mass is 422 g/mol. The number of benzene rings is 2. The third-order valence-corrected chi connectivity index (χ3v) is 6.27. The van der Waals surface area contributed by atoms with Gasteiger partial charge in [0.05, 0.1) is 35.4 Å². The predicted molar refractivity (Wildman–Crippen MR) is 114 cm³/mol. The third kappa shape index (κ3) is 3.62. The molecule has 0 bridgehead atoms. The average molecular weight is 422 g/mol. The lowest BCUT2D eigenvalue weighted by Crippen LogP contribution is -2.48. The van der Waals surface area contributed by atoms with Crippen molar-refractivity contribution in [3.8, 4) is 0 Å². The molecule has 0 radical (unpaired) electrons. The normalized spacial score (nSPS) is 21.4. The summed E-state index contributed by atoms with van der Waals surface area (Å²) >= 11 is 0. The van der Waals surface area contributed by atoms with E-state index in [-0.39, 0.29) is 29.2 Å². The molecule has 2 atom stereocenters. The predicted octanol–water partition coefficient (Wildman–Crippen LogP) is 1.81. The number of ether oxygens (including phenoxy) is 1. The molecule has 5 rings (SSSR count). The van der Waals surface area contributed by atoms with E-state index in [1.165, 1.54) is 6.07 Å². The van der Waals surface area contributed by atoms with Crippen LogP contribution in [0.4, 0.5) is 4.39 Å². The third-order valence-electron chi connectivity index (χ3n) is 6.27. The van der Waals surface area contributed by atoms with E-state index in [1.54, 1.807) is 29.2 Å². The number of amides is 1. The molecule has 1 aromatic heterocycles. The Morgan fingerprint density at radius 1 is 1.23 bits per heavy atom. The molecule has 3 heterocycles. The maximum Gasteiger partial charge on any atom is 0.272 e. The maximum atomic E-state index is 14.6. The van der Waals surface area contributed by atoms with Crippen LogP contribution in [-0.4, -0.2) is 71.3 Å². The average Bonchev–Trinajstić information content (AvgIpc) is 3.22. The number of carbonyl (C=O) groups excluding carboxylic acids is 1. The van der Waals surface area contributed by atoms with Crippen LogP contribution in [0.1, 0.15) is 21.6 Å². The van der Waals surface area contributed by atoms with Crippen LogP contribution in [0.2, 0.25) is 0 Å². The van der Waals surface area contributed by atoms with Crippen molar-refractivity contribution in [3.63, 3.8) is 0 Å². The molecule has 2 aliphatic rings. The molecule has 8 heteroatoms. The van der Waals surface area contributed by atoms with Gasteiger partial charge in [0.15, 0.2) is 0 Å². The fraction of sp³-hybridized carbons (Fsp3) is 0.348. The molecule has 3 aromatic rings. The number of carbonyl (C=O) groups is 1. The second-order valence-corrected chi connectivity index (χ2v) is 8.20. The molecule has 2 unspecified atom stereocenters. The summed E-state index contributed by atoms with van der Waals surface area (Å²) in [5.41, 5.74) is 1.21. The van der Waals surface area contributed by atoms with E-state index in [2.05, 4.69) is 15.1 Å². The van der Waals surface area contributed by atoms with Crippen LogP contribution in [0.3, 0.4) is 0 Å². The van der Waals surface area contributed by atoms with Crippen molar-refractivity contribution in [3.05, 3.63) is 75.5 Å². The van der Waals surface area contributed by atoms with Crippen LogP contribution in [0.25, 0.3) is 10.8 Å². The highest BCUT2D eigenvalue weighted by Crippen LogP contribution is 2.25. The quantitative estimate of drug-likeness (QED) is 0.697. The number of H-pyrrole nitrogens is 1. The number of nitrogens with zero attached hydrogens (tertiary/aromatic N) is 3.